The summed E-state index contributed by atoms with van der Waals surface area (Å²) in [5.74, 6) is 0.631. The second-order valence-electron chi connectivity index (χ2n) is 6.84. The fraction of sp³-hybridized carbons (Fsp3) is 0.292. The van der Waals surface area contributed by atoms with Crippen LogP contribution in [0, 0.1) is 0 Å². The van der Waals surface area contributed by atoms with Crippen LogP contribution < -0.4 is 4.74 Å². The Morgan fingerprint density at radius 3 is 1.89 bits per heavy atom. The van der Waals surface area contributed by atoms with Gasteiger partial charge in [-0.25, -0.2) is 0 Å². The number of ketones is 1. The number of Topliss-reactive ketones (excluding diaryl/α,β-unsaturated/α-hetero) is 1. The van der Waals surface area contributed by atoms with Gasteiger partial charge in [-0.05, 0) is 19.3 Å². The first-order valence-electron chi connectivity index (χ1n) is 9.14. The van der Waals surface area contributed by atoms with Gasteiger partial charge in [-0.1, -0.05) is 30.4 Å². The van der Waals surface area contributed by atoms with E-state index in [9.17, 15) is 9.90 Å². The molecule has 0 spiro atoms. The van der Waals surface area contributed by atoms with Gasteiger partial charge in [-0.3, -0.25) is 4.79 Å². The zero-order valence-corrected chi connectivity index (χ0v) is 15.9. The third-order valence-corrected chi connectivity index (χ3v) is 4.90. The maximum absolute atomic E-state index is 13.2. The molecule has 2 rings (SSSR count). The van der Waals surface area contributed by atoms with Gasteiger partial charge < -0.3 is 9.84 Å². The van der Waals surface area contributed by atoms with Gasteiger partial charge in [-0.2, -0.15) is 0 Å². The fourth-order valence-electron chi connectivity index (χ4n) is 3.81. The van der Waals surface area contributed by atoms with Crippen LogP contribution in [-0.4, -0.2) is 16.5 Å². The lowest BCUT2D eigenvalue weighted by Crippen LogP contribution is -2.42. The standard InChI is InChI=1S/C24H28O3/c1-6-11-17-18(12-7-2)23-21(19(13-8-3)22(17)26)20(25)16-24(27-23,14-9-4)15-10-5/h6-10,26H,1-5,11-16H2. The van der Waals surface area contributed by atoms with Crippen molar-refractivity contribution in [3.05, 3.63) is 85.5 Å². The van der Waals surface area contributed by atoms with Crippen molar-refractivity contribution in [3.63, 3.8) is 0 Å². The number of aromatic hydroxyl groups is 1. The summed E-state index contributed by atoms with van der Waals surface area (Å²) in [5, 5.41) is 10.9. The molecule has 0 saturated heterocycles. The van der Waals surface area contributed by atoms with E-state index in [-0.39, 0.29) is 18.0 Å². The predicted molar refractivity (Wildman–Crippen MR) is 112 cm³/mol. The van der Waals surface area contributed by atoms with Crippen molar-refractivity contribution < 1.29 is 14.6 Å². The average Bonchev–Trinajstić information content (AvgIpc) is 2.62. The monoisotopic (exact) mass is 364 g/mol. The molecule has 0 atom stereocenters. The van der Waals surface area contributed by atoms with Crippen LogP contribution >= 0.6 is 0 Å². The van der Waals surface area contributed by atoms with Gasteiger partial charge in [0.05, 0.1) is 12.0 Å². The van der Waals surface area contributed by atoms with Crippen LogP contribution in [0.1, 0.15) is 46.3 Å². The van der Waals surface area contributed by atoms with Crippen molar-refractivity contribution in [2.24, 2.45) is 0 Å². The molecule has 0 unspecified atom stereocenters. The number of hydrogen-bond acceptors (Lipinski definition) is 3. The molecule has 1 aromatic carbocycles. The van der Waals surface area contributed by atoms with Crippen LogP contribution in [0.4, 0.5) is 0 Å². The molecular formula is C24H28O3. The number of allylic oxidation sites excluding steroid dienone is 3. The third-order valence-electron chi connectivity index (χ3n) is 4.90. The molecule has 1 N–H and O–H groups in total. The maximum Gasteiger partial charge on any atom is 0.171 e. The molecular weight excluding hydrogens is 336 g/mol. The van der Waals surface area contributed by atoms with Gasteiger partial charge in [0.25, 0.3) is 0 Å². The van der Waals surface area contributed by atoms with E-state index < -0.39 is 5.60 Å². The summed E-state index contributed by atoms with van der Waals surface area (Å²) >= 11 is 0. The van der Waals surface area contributed by atoms with E-state index >= 15 is 0 Å². The molecule has 0 amide bonds. The van der Waals surface area contributed by atoms with Gasteiger partial charge in [-0.15, -0.1) is 32.9 Å². The molecule has 3 nitrogen and oxygen atoms in total. The molecule has 0 radical (unpaired) electrons. The summed E-state index contributed by atoms with van der Waals surface area (Å²) in [6.07, 6.45) is 11.3. The second kappa shape index (κ2) is 8.72. The van der Waals surface area contributed by atoms with Crippen molar-refractivity contribution in [1.29, 1.82) is 0 Å². The topological polar surface area (TPSA) is 46.5 Å². The lowest BCUT2D eigenvalue weighted by Gasteiger charge is -2.39. The van der Waals surface area contributed by atoms with Crippen molar-refractivity contribution in [1.82, 2.24) is 0 Å². The van der Waals surface area contributed by atoms with Gasteiger partial charge in [0.1, 0.15) is 17.1 Å². The highest BCUT2D eigenvalue weighted by Gasteiger charge is 2.42. The van der Waals surface area contributed by atoms with Crippen molar-refractivity contribution in [2.75, 3.05) is 0 Å². The number of hydrogen-bond donors (Lipinski definition) is 1. The molecule has 0 fully saturated rings. The number of phenolic OH excluding ortho intramolecular Hbond substituents is 1. The minimum Gasteiger partial charge on any atom is -0.507 e. The Labute approximate surface area is 162 Å². The van der Waals surface area contributed by atoms with Crippen LogP contribution in [-0.2, 0) is 19.3 Å². The Morgan fingerprint density at radius 2 is 1.37 bits per heavy atom. The number of rotatable bonds is 10. The van der Waals surface area contributed by atoms with E-state index in [0.29, 0.717) is 49.0 Å². The minimum atomic E-state index is -0.697. The number of carbonyl (C=O) groups is 1. The first kappa shape index (κ1) is 20.5. The Balaban J connectivity index is 2.84. The van der Waals surface area contributed by atoms with Crippen LogP contribution in [0.5, 0.6) is 11.5 Å². The van der Waals surface area contributed by atoms with E-state index in [1.165, 1.54) is 0 Å². The van der Waals surface area contributed by atoms with Crippen LogP contribution in [0.3, 0.4) is 0 Å². The Morgan fingerprint density at radius 1 is 0.852 bits per heavy atom. The lowest BCUT2D eigenvalue weighted by atomic mass is 9.80. The normalized spacial score (nSPS) is 14.6. The summed E-state index contributed by atoms with van der Waals surface area (Å²) < 4.78 is 6.49. The van der Waals surface area contributed by atoms with Crippen LogP contribution in [0.2, 0.25) is 0 Å². The first-order valence-corrected chi connectivity index (χ1v) is 9.14. The number of ether oxygens (including phenoxy) is 1. The maximum atomic E-state index is 13.2. The van der Waals surface area contributed by atoms with Crippen molar-refractivity contribution in [2.45, 2.75) is 44.1 Å². The second-order valence-corrected chi connectivity index (χ2v) is 6.84. The lowest BCUT2D eigenvalue weighted by molar-refractivity contribution is 0.0431. The number of phenols is 1. The SMILES string of the molecule is C=CCc1c(O)c(CC=C)c2c(c1CC=C)OC(CC=C)(CC=C)CC2=O. The van der Waals surface area contributed by atoms with E-state index in [1.807, 2.05) is 0 Å². The molecule has 0 aromatic heterocycles. The number of fused-ring (bicyclic) bond motifs is 1. The summed E-state index contributed by atoms with van der Waals surface area (Å²) in [4.78, 5) is 13.2. The molecule has 1 aromatic rings. The molecule has 1 aliphatic heterocycles. The molecule has 1 heterocycles. The molecule has 0 aliphatic carbocycles. The van der Waals surface area contributed by atoms with Crippen molar-refractivity contribution in [3.8, 4) is 11.5 Å². The summed E-state index contributed by atoms with van der Waals surface area (Å²) in [6, 6.07) is 0. The van der Waals surface area contributed by atoms with Crippen LogP contribution in [0.25, 0.3) is 0 Å². The Kier molecular flexibility index (Phi) is 6.62. The Hall–Kier alpha value is -2.81. The summed E-state index contributed by atoms with van der Waals surface area (Å²) in [5.41, 5.74) is 1.84. The average molecular weight is 364 g/mol. The highest BCUT2D eigenvalue weighted by atomic mass is 16.5. The molecule has 0 bridgehead atoms. The van der Waals surface area contributed by atoms with E-state index in [0.717, 1.165) is 11.1 Å². The predicted octanol–water partition coefficient (Wildman–Crippen LogP) is 5.43. The van der Waals surface area contributed by atoms with E-state index in [2.05, 4.69) is 32.9 Å². The third kappa shape index (κ3) is 3.82. The van der Waals surface area contributed by atoms with E-state index in [1.54, 1.807) is 30.4 Å². The fourth-order valence-corrected chi connectivity index (χ4v) is 3.81. The molecule has 3 heteroatoms. The zero-order chi connectivity index (χ0) is 20.0. The Bertz CT molecular complexity index is 789. The van der Waals surface area contributed by atoms with Gasteiger partial charge in [0.2, 0.25) is 0 Å². The quantitative estimate of drug-likeness (QED) is 0.563. The molecule has 0 saturated carbocycles. The van der Waals surface area contributed by atoms with Gasteiger partial charge in [0, 0.05) is 29.5 Å². The molecule has 142 valence electrons. The smallest absolute Gasteiger partial charge is 0.171 e. The molecule has 27 heavy (non-hydrogen) atoms. The van der Waals surface area contributed by atoms with Crippen LogP contribution in [0.15, 0.2) is 63.3 Å². The minimum absolute atomic E-state index is 0.0393. The highest BCUT2D eigenvalue weighted by Crippen LogP contribution is 2.47. The van der Waals surface area contributed by atoms with Gasteiger partial charge in [0.15, 0.2) is 5.78 Å². The largest absolute Gasteiger partial charge is 0.507 e. The number of carbonyl (C=O) groups excluding carboxylic acids is 1. The highest BCUT2D eigenvalue weighted by molar-refractivity contribution is 6.03. The molecule has 1 aliphatic rings. The van der Waals surface area contributed by atoms with Gasteiger partial charge >= 0.3 is 0 Å². The number of benzene rings is 1. The van der Waals surface area contributed by atoms with E-state index in [4.69, 9.17) is 4.74 Å². The summed E-state index contributed by atoms with van der Waals surface area (Å²) in [6.45, 7) is 19.0. The first-order chi connectivity index (χ1) is 13.0. The zero-order valence-electron chi connectivity index (χ0n) is 15.9. The summed E-state index contributed by atoms with van der Waals surface area (Å²) in [7, 11) is 0. The van der Waals surface area contributed by atoms with Crippen molar-refractivity contribution >= 4 is 5.78 Å².